The van der Waals surface area contributed by atoms with Crippen LogP contribution in [-0.2, 0) is 13.2 Å². The van der Waals surface area contributed by atoms with Crippen LogP contribution in [0.3, 0.4) is 0 Å². The Morgan fingerprint density at radius 1 is 1.17 bits per heavy atom. The summed E-state index contributed by atoms with van der Waals surface area (Å²) in [5.74, 6) is 1.79. The normalized spacial score (nSPS) is 10.7. The minimum absolute atomic E-state index is 0.422. The van der Waals surface area contributed by atoms with E-state index in [-0.39, 0.29) is 0 Å². The zero-order valence-corrected chi connectivity index (χ0v) is 14.1. The molecule has 0 unspecified atom stereocenters. The molecule has 0 saturated carbocycles. The molecular formula is C20H21N3O. The topological polar surface area (TPSA) is 50.8 Å². The number of para-hydroxylation sites is 2. The highest BCUT2D eigenvalue weighted by Gasteiger charge is 2.11. The van der Waals surface area contributed by atoms with Gasteiger partial charge in [-0.25, -0.2) is 4.98 Å². The molecule has 0 aliphatic heterocycles. The average molecular weight is 319 g/mol. The first-order valence-electron chi connectivity index (χ1n) is 8.20. The molecule has 122 valence electrons. The van der Waals surface area contributed by atoms with Crippen molar-refractivity contribution in [3.63, 3.8) is 0 Å². The number of nitrogens with zero attached hydrogens (tertiary/aromatic N) is 3. The molecule has 24 heavy (non-hydrogen) atoms. The van der Waals surface area contributed by atoms with Crippen molar-refractivity contribution in [2.45, 2.75) is 39.8 Å². The van der Waals surface area contributed by atoms with Gasteiger partial charge >= 0.3 is 0 Å². The molecule has 0 fully saturated rings. The zero-order valence-electron chi connectivity index (χ0n) is 14.1. The number of imidazole rings is 1. The van der Waals surface area contributed by atoms with Crippen LogP contribution in [0.2, 0.25) is 0 Å². The Balaban J connectivity index is 1.86. The molecule has 0 bridgehead atoms. The Kier molecular flexibility index (Phi) is 4.81. The van der Waals surface area contributed by atoms with E-state index >= 15 is 0 Å². The molecular weight excluding hydrogens is 298 g/mol. The number of hydrogen-bond acceptors (Lipinski definition) is 3. The standard InChI is InChI=1S/C20H21N3O/c1-15-9-10-16(2)19(13-15)24-14-20-22-17-7-3-4-8-18(17)23(20)12-6-5-11-21/h3-4,7-10,13H,5-6,12,14H2,1-2H3. The van der Waals surface area contributed by atoms with Gasteiger partial charge in [0.2, 0.25) is 0 Å². The van der Waals surface area contributed by atoms with E-state index in [0.717, 1.165) is 41.1 Å². The van der Waals surface area contributed by atoms with Crippen molar-refractivity contribution < 1.29 is 4.74 Å². The summed E-state index contributed by atoms with van der Waals surface area (Å²) in [5, 5.41) is 8.79. The van der Waals surface area contributed by atoms with Crippen molar-refractivity contribution in [2.75, 3.05) is 0 Å². The number of nitriles is 1. The number of benzene rings is 2. The van der Waals surface area contributed by atoms with E-state index in [2.05, 4.69) is 41.8 Å². The highest BCUT2D eigenvalue weighted by molar-refractivity contribution is 5.75. The molecule has 0 radical (unpaired) electrons. The molecule has 0 aliphatic carbocycles. The second-order valence-electron chi connectivity index (χ2n) is 5.99. The van der Waals surface area contributed by atoms with Gasteiger partial charge in [-0.1, -0.05) is 24.3 Å². The predicted molar refractivity (Wildman–Crippen MR) is 94.8 cm³/mol. The van der Waals surface area contributed by atoms with Crippen molar-refractivity contribution in [1.82, 2.24) is 9.55 Å². The Hall–Kier alpha value is -2.80. The summed E-state index contributed by atoms with van der Waals surface area (Å²) in [6.45, 7) is 5.30. The monoisotopic (exact) mass is 319 g/mol. The smallest absolute Gasteiger partial charge is 0.147 e. The van der Waals surface area contributed by atoms with E-state index in [1.54, 1.807) is 0 Å². The molecule has 3 aromatic rings. The molecule has 1 aromatic heterocycles. The molecule has 1 heterocycles. The molecule has 4 heteroatoms. The van der Waals surface area contributed by atoms with E-state index in [0.29, 0.717) is 13.0 Å². The Morgan fingerprint density at radius 3 is 2.83 bits per heavy atom. The van der Waals surface area contributed by atoms with Gasteiger partial charge in [0.25, 0.3) is 0 Å². The molecule has 0 N–H and O–H groups in total. The largest absolute Gasteiger partial charge is 0.485 e. The summed E-state index contributed by atoms with van der Waals surface area (Å²) in [6.07, 6.45) is 1.36. The molecule has 3 rings (SSSR count). The number of unbranched alkanes of at least 4 members (excludes halogenated alkanes) is 1. The van der Waals surface area contributed by atoms with Crippen molar-refractivity contribution in [1.29, 1.82) is 5.26 Å². The molecule has 0 spiro atoms. The third-order valence-electron chi connectivity index (χ3n) is 4.10. The summed E-state index contributed by atoms with van der Waals surface area (Å²) in [6, 6.07) is 16.5. The van der Waals surface area contributed by atoms with Gasteiger partial charge in [0.1, 0.15) is 18.2 Å². The van der Waals surface area contributed by atoms with Gasteiger partial charge in [-0.05, 0) is 49.6 Å². The van der Waals surface area contributed by atoms with Crippen molar-refractivity contribution in [2.24, 2.45) is 0 Å². The lowest BCUT2D eigenvalue weighted by Crippen LogP contribution is -2.08. The molecule has 0 aliphatic rings. The summed E-state index contributed by atoms with van der Waals surface area (Å²) < 4.78 is 8.20. The SMILES string of the molecule is Cc1ccc(C)c(OCc2nc3ccccc3n2CCCC#N)c1. The van der Waals surface area contributed by atoms with Crippen molar-refractivity contribution in [3.05, 3.63) is 59.4 Å². The van der Waals surface area contributed by atoms with Crippen LogP contribution in [0.25, 0.3) is 11.0 Å². The summed E-state index contributed by atoms with van der Waals surface area (Å²) >= 11 is 0. The maximum Gasteiger partial charge on any atom is 0.147 e. The second kappa shape index (κ2) is 7.18. The van der Waals surface area contributed by atoms with E-state index in [1.165, 1.54) is 5.56 Å². The number of aryl methyl sites for hydroxylation is 3. The number of ether oxygens (including phenoxy) is 1. The summed E-state index contributed by atoms with van der Waals surface area (Å²) in [4.78, 5) is 4.71. The number of aromatic nitrogens is 2. The fourth-order valence-electron chi connectivity index (χ4n) is 2.81. The van der Waals surface area contributed by atoms with Gasteiger partial charge in [0.15, 0.2) is 0 Å². The zero-order chi connectivity index (χ0) is 16.9. The molecule has 0 amide bonds. The Bertz CT molecular complexity index is 890. The average Bonchev–Trinajstić information content (AvgIpc) is 2.94. The lowest BCUT2D eigenvalue weighted by molar-refractivity contribution is 0.287. The molecule has 0 saturated heterocycles. The molecule has 0 atom stereocenters. The van der Waals surface area contributed by atoms with Gasteiger partial charge in [-0.2, -0.15) is 5.26 Å². The van der Waals surface area contributed by atoms with Crippen LogP contribution in [0.5, 0.6) is 5.75 Å². The quantitative estimate of drug-likeness (QED) is 0.627. The third kappa shape index (κ3) is 3.41. The minimum atomic E-state index is 0.422. The third-order valence-corrected chi connectivity index (χ3v) is 4.10. The lowest BCUT2D eigenvalue weighted by atomic mass is 10.1. The van der Waals surface area contributed by atoms with E-state index in [4.69, 9.17) is 15.0 Å². The maximum atomic E-state index is 8.79. The van der Waals surface area contributed by atoms with Gasteiger partial charge in [0, 0.05) is 13.0 Å². The van der Waals surface area contributed by atoms with Crippen LogP contribution in [-0.4, -0.2) is 9.55 Å². The minimum Gasteiger partial charge on any atom is -0.485 e. The number of fused-ring (bicyclic) bond motifs is 1. The van der Waals surface area contributed by atoms with Gasteiger partial charge in [-0.15, -0.1) is 0 Å². The van der Waals surface area contributed by atoms with Crippen molar-refractivity contribution >= 4 is 11.0 Å². The first kappa shape index (κ1) is 16.1. The maximum absolute atomic E-state index is 8.79. The lowest BCUT2D eigenvalue weighted by Gasteiger charge is -2.12. The highest BCUT2D eigenvalue weighted by atomic mass is 16.5. The molecule has 2 aromatic carbocycles. The summed E-state index contributed by atoms with van der Waals surface area (Å²) in [5.41, 5.74) is 4.36. The van der Waals surface area contributed by atoms with Crippen LogP contribution in [0.1, 0.15) is 29.8 Å². The van der Waals surface area contributed by atoms with E-state index < -0.39 is 0 Å². The van der Waals surface area contributed by atoms with Crippen LogP contribution in [0.15, 0.2) is 42.5 Å². The van der Waals surface area contributed by atoms with Crippen LogP contribution in [0, 0.1) is 25.2 Å². The summed E-state index contributed by atoms with van der Waals surface area (Å²) in [7, 11) is 0. The number of hydrogen-bond donors (Lipinski definition) is 0. The number of rotatable bonds is 6. The predicted octanol–water partition coefficient (Wildman–Crippen LogP) is 4.54. The fraction of sp³-hybridized carbons (Fsp3) is 0.300. The molecule has 4 nitrogen and oxygen atoms in total. The van der Waals surface area contributed by atoms with Gasteiger partial charge in [-0.3, -0.25) is 0 Å². The van der Waals surface area contributed by atoms with Gasteiger partial charge in [0.05, 0.1) is 17.1 Å². The second-order valence-corrected chi connectivity index (χ2v) is 5.99. The van der Waals surface area contributed by atoms with E-state index in [1.807, 2.05) is 25.1 Å². The first-order valence-corrected chi connectivity index (χ1v) is 8.20. The first-order chi connectivity index (χ1) is 11.7. The van der Waals surface area contributed by atoms with Crippen LogP contribution in [0.4, 0.5) is 0 Å². The van der Waals surface area contributed by atoms with E-state index in [9.17, 15) is 0 Å². The Labute approximate surface area is 142 Å². The fourth-order valence-corrected chi connectivity index (χ4v) is 2.81. The van der Waals surface area contributed by atoms with Crippen molar-refractivity contribution in [3.8, 4) is 11.8 Å². The highest BCUT2D eigenvalue weighted by Crippen LogP contribution is 2.22. The Morgan fingerprint density at radius 2 is 2.00 bits per heavy atom. The van der Waals surface area contributed by atoms with Crippen LogP contribution >= 0.6 is 0 Å². The van der Waals surface area contributed by atoms with Crippen LogP contribution < -0.4 is 4.74 Å². The van der Waals surface area contributed by atoms with Gasteiger partial charge < -0.3 is 9.30 Å².